The lowest BCUT2D eigenvalue weighted by atomic mass is 10.2. The summed E-state index contributed by atoms with van der Waals surface area (Å²) in [4.78, 5) is 11.4. The lowest BCUT2D eigenvalue weighted by Crippen LogP contribution is -2.20. The number of benzene rings is 2. The minimum Gasteiger partial charge on any atom is -0.366 e. The summed E-state index contributed by atoms with van der Waals surface area (Å²) in [6.07, 6.45) is 0. The van der Waals surface area contributed by atoms with Crippen LogP contribution in [-0.2, 0) is 16.6 Å². The van der Waals surface area contributed by atoms with Crippen molar-refractivity contribution < 1.29 is 13.2 Å². The molecule has 0 bridgehead atoms. The molecule has 0 aliphatic rings. The van der Waals surface area contributed by atoms with Crippen LogP contribution in [0, 0.1) is 0 Å². The molecule has 6 nitrogen and oxygen atoms in total. The molecule has 5 N–H and O–H groups in total. The van der Waals surface area contributed by atoms with E-state index >= 15 is 0 Å². The zero-order chi connectivity index (χ0) is 15.5. The Morgan fingerprint density at radius 1 is 1.05 bits per heavy atom. The van der Waals surface area contributed by atoms with E-state index in [2.05, 4.69) is 4.72 Å². The van der Waals surface area contributed by atoms with Crippen LogP contribution in [0.2, 0.25) is 0 Å². The molecule has 0 saturated heterocycles. The van der Waals surface area contributed by atoms with Crippen molar-refractivity contribution in [2.24, 2.45) is 11.5 Å². The number of anilines is 1. The van der Waals surface area contributed by atoms with Crippen molar-refractivity contribution >= 4 is 21.6 Å². The largest absolute Gasteiger partial charge is 0.366 e. The Labute approximate surface area is 122 Å². The zero-order valence-corrected chi connectivity index (χ0v) is 11.9. The van der Waals surface area contributed by atoms with Gasteiger partial charge >= 0.3 is 0 Å². The lowest BCUT2D eigenvalue weighted by molar-refractivity contribution is 0.100. The van der Waals surface area contributed by atoms with E-state index in [0.29, 0.717) is 5.56 Å². The number of sulfonamides is 1. The first-order chi connectivity index (χ1) is 9.95. The van der Waals surface area contributed by atoms with Crippen molar-refractivity contribution in [3.05, 3.63) is 59.7 Å². The van der Waals surface area contributed by atoms with Crippen LogP contribution >= 0.6 is 0 Å². The molecule has 0 radical (unpaired) electrons. The fourth-order valence-corrected chi connectivity index (χ4v) is 3.25. The molecule has 0 heterocycles. The van der Waals surface area contributed by atoms with Gasteiger partial charge in [-0.05, 0) is 23.8 Å². The Morgan fingerprint density at radius 2 is 1.67 bits per heavy atom. The molecule has 0 aliphatic carbocycles. The normalized spacial score (nSPS) is 11.1. The third-order valence-corrected chi connectivity index (χ3v) is 4.38. The van der Waals surface area contributed by atoms with E-state index in [1.165, 1.54) is 18.2 Å². The maximum Gasteiger partial charge on any atom is 0.262 e. The van der Waals surface area contributed by atoms with Crippen LogP contribution in [0.25, 0.3) is 0 Å². The predicted molar refractivity (Wildman–Crippen MR) is 80.1 cm³/mol. The van der Waals surface area contributed by atoms with Crippen LogP contribution in [0.5, 0.6) is 0 Å². The fourth-order valence-electron chi connectivity index (χ4n) is 1.92. The zero-order valence-electron chi connectivity index (χ0n) is 11.1. The summed E-state index contributed by atoms with van der Waals surface area (Å²) in [5.74, 6) is -0.708. The highest BCUT2D eigenvalue weighted by atomic mass is 32.2. The van der Waals surface area contributed by atoms with Crippen molar-refractivity contribution in [1.29, 1.82) is 0 Å². The van der Waals surface area contributed by atoms with Gasteiger partial charge in [-0.15, -0.1) is 0 Å². The summed E-state index contributed by atoms with van der Waals surface area (Å²) in [6.45, 7) is 0.0918. The molecule has 0 atom stereocenters. The third kappa shape index (κ3) is 3.21. The van der Waals surface area contributed by atoms with Crippen LogP contribution in [0.3, 0.4) is 0 Å². The van der Waals surface area contributed by atoms with Crippen molar-refractivity contribution in [1.82, 2.24) is 0 Å². The van der Waals surface area contributed by atoms with Gasteiger partial charge in [-0.25, -0.2) is 8.42 Å². The molecule has 2 aromatic rings. The predicted octanol–water partition coefficient (Wildman–Crippen LogP) is 1.05. The number of amides is 1. The smallest absolute Gasteiger partial charge is 0.262 e. The van der Waals surface area contributed by atoms with Crippen LogP contribution in [0.1, 0.15) is 15.9 Å². The summed E-state index contributed by atoms with van der Waals surface area (Å²) >= 11 is 0. The van der Waals surface area contributed by atoms with Crippen molar-refractivity contribution in [2.45, 2.75) is 11.4 Å². The third-order valence-electron chi connectivity index (χ3n) is 2.92. The Balaban J connectivity index is 2.45. The van der Waals surface area contributed by atoms with Crippen molar-refractivity contribution in [3.63, 3.8) is 0 Å². The topological polar surface area (TPSA) is 115 Å². The molecule has 0 spiro atoms. The first-order valence-corrected chi connectivity index (χ1v) is 7.63. The number of hydrogen-bond donors (Lipinski definition) is 3. The van der Waals surface area contributed by atoms with E-state index in [-0.39, 0.29) is 22.7 Å². The number of nitrogens with one attached hydrogen (secondary N) is 1. The van der Waals surface area contributed by atoms with Gasteiger partial charge in [0.05, 0.1) is 16.1 Å². The van der Waals surface area contributed by atoms with Gasteiger partial charge in [0.15, 0.2) is 0 Å². The number of primary amides is 1. The summed E-state index contributed by atoms with van der Waals surface area (Å²) < 4.78 is 27.2. The van der Waals surface area contributed by atoms with Crippen LogP contribution in [-0.4, -0.2) is 14.3 Å². The van der Waals surface area contributed by atoms with Gasteiger partial charge in [0.2, 0.25) is 0 Å². The molecule has 0 aromatic heterocycles. The number of nitrogens with two attached hydrogens (primary N) is 2. The Kier molecular flexibility index (Phi) is 4.25. The molecule has 0 unspecified atom stereocenters. The maximum absolute atomic E-state index is 12.4. The summed E-state index contributed by atoms with van der Waals surface area (Å²) in [5.41, 5.74) is 11.5. The van der Waals surface area contributed by atoms with E-state index in [4.69, 9.17) is 11.5 Å². The van der Waals surface area contributed by atoms with E-state index in [1.54, 1.807) is 30.3 Å². The van der Waals surface area contributed by atoms with Gasteiger partial charge in [0, 0.05) is 6.54 Å². The number of para-hydroxylation sites is 1. The second-order valence-corrected chi connectivity index (χ2v) is 5.98. The average molecular weight is 305 g/mol. The number of carbonyl (C=O) groups excluding carboxylic acids is 1. The van der Waals surface area contributed by atoms with Crippen LogP contribution < -0.4 is 16.2 Å². The van der Waals surface area contributed by atoms with Gasteiger partial charge < -0.3 is 11.5 Å². The van der Waals surface area contributed by atoms with Gasteiger partial charge in [-0.3, -0.25) is 9.52 Å². The van der Waals surface area contributed by atoms with Gasteiger partial charge in [0.1, 0.15) is 0 Å². The molecule has 2 rings (SSSR count). The first-order valence-electron chi connectivity index (χ1n) is 6.15. The summed E-state index contributed by atoms with van der Waals surface area (Å²) in [7, 11) is -3.85. The molecular formula is C14H15N3O3S. The highest BCUT2D eigenvalue weighted by Gasteiger charge is 2.19. The second kappa shape index (κ2) is 5.94. The van der Waals surface area contributed by atoms with E-state index in [1.807, 2.05) is 0 Å². The van der Waals surface area contributed by atoms with Gasteiger partial charge in [0.25, 0.3) is 15.9 Å². The molecule has 7 heteroatoms. The average Bonchev–Trinajstić information content (AvgIpc) is 2.47. The molecule has 2 aromatic carbocycles. The minimum atomic E-state index is -3.85. The van der Waals surface area contributed by atoms with Gasteiger partial charge in [-0.2, -0.15) is 0 Å². The molecule has 21 heavy (non-hydrogen) atoms. The lowest BCUT2D eigenvalue weighted by Gasteiger charge is -2.13. The number of hydrogen-bond acceptors (Lipinski definition) is 4. The maximum atomic E-state index is 12.4. The molecule has 0 saturated carbocycles. The second-order valence-electron chi connectivity index (χ2n) is 4.33. The number of carbonyl (C=O) groups is 1. The monoisotopic (exact) mass is 305 g/mol. The minimum absolute atomic E-state index is 0.0757. The molecular weight excluding hydrogens is 290 g/mol. The standard InChI is InChI=1S/C14H15N3O3S/c15-9-10-5-1-4-8-13(10)21(19,20)17-12-7-3-2-6-11(12)14(16)18/h1-8,17H,9,15H2,(H2,16,18). The highest BCUT2D eigenvalue weighted by Crippen LogP contribution is 2.21. The van der Waals surface area contributed by atoms with Crippen molar-refractivity contribution in [3.8, 4) is 0 Å². The summed E-state index contributed by atoms with van der Waals surface area (Å²) in [6, 6.07) is 12.5. The Hall–Kier alpha value is -2.38. The van der Waals surface area contributed by atoms with E-state index in [9.17, 15) is 13.2 Å². The highest BCUT2D eigenvalue weighted by molar-refractivity contribution is 7.92. The molecule has 0 aliphatic heterocycles. The number of rotatable bonds is 5. The fraction of sp³-hybridized carbons (Fsp3) is 0.0714. The van der Waals surface area contributed by atoms with Crippen molar-refractivity contribution in [2.75, 3.05) is 4.72 Å². The molecule has 1 amide bonds. The Morgan fingerprint density at radius 3 is 2.33 bits per heavy atom. The van der Waals surface area contributed by atoms with E-state index in [0.717, 1.165) is 0 Å². The van der Waals surface area contributed by atoms with Crippen LogP contribution in [0.4, 0.5) is 5.69 Å². The van der Waals surface area contributed by atoms with Gasteiger partial charge in [-0.1, -0.05) is 30.3 Å². The summed E-state index contributed by atoms with van der Waals surface area (Å²) in [5, 5.41) is 0. The van der Waals surface area contributed by atoms with E-state index < -0.39 is 15.9 Å². The molecule has 110 valence electrons. The SMILES string of the molecule is NCc1ccccc1S(=O)(=O)Nc1ccccc1C(N)=O. The first kappa shape index (κ1) is 15.0. The van der Waals surface area contributed by atoms with Crippen LogP contribution in [0.15, 0.2) is 53.4 Å². The Bertz CT molecular complexity index is 773. The quantitative estimate of drug-likeness (QED) is 0.765. The molecule has 0 fully saturated rings.